The Kier molecular flexibility index (Phi) is 4.15. The van der Waals surface area contributed by atoms with E-state index in [2.05, 4.69) is 9.71 Å². The van der Waals surface area contributed by atoms with Gasteiger partial charge in [0.15, 0.2) is 0 Å². The first kappa shape index (κ1) is 14.6. The quantitative estimate of drug-likeness (QED) is 0.943. The third-order valence-electron chi connectivity index (χ3n) is 2.98. The Hall–Kier alpha value is -1.79. The zero-order chi connectivity index (χ0) is 14.8. The number of aromatic nitrogens is 1. The summed E-state index contributed by atoms with van der Waals surface area (Å²) in [6.07, 6.45) is 3.18. The minimum Gasteiger partial charge on any atom is -0.265 e. The Morgan fingerprint density at radius 1 is 1.20 bits per heavy atom. The van der Waals surface area contributed by atoms with Crippen molar-refractivity contribution in [2.75, 3.05) is 0 Å². The fourth-order valence-electron chi connectivity index (χ4n) is 1.88. The topological polar surface area (TPSA) is 59.1 Å². The summed E-state index contributed by atoms with van der Waals surface area (Å²) < 4.78 is 40.4. The first-order valence-corrected chi connectivity index (χ1v) is 7.57. The Labute approximate surface area is 117 Å². The highest BCUT2D eigenvalue weighted by molar-refractivity contribution is 7.89. The van der Waals surface area contributed by atoms with Gasteiger partial charge in [-0.05, 0) is 49.2 Å². The van der Waals surface area contributed by atoms with E-state index in [1.165, 1.54) is 12.1 Å². The summed E-state index contributed by atoms with van der Waals surface area (Å²) in [7, 11) is -3.77. The van der Waals surface area contributed by atoms with E-state index in [4.69, 9.17) is 0 Å². The molecule has 0 bridgehead atoms. The molecule has 0 amide bonds. The summed E-state index contributed by atoms with van der Waals surface area (Å²) in [4.78, 5) is 3.84. The number of halogens is 1. The minimum atomic E-state index is -3.77. The molecule has 0 aliphatic heterocycles. The molecule has 0 radical (unpaired) electrons. The van der Waals surface area contributed by atoms with Gasteiger partial charge < -0.3 is 0 Å². The van der Waals surface area contributed by atoms with Crippen LogP contribution in [0.5, 0.6) is 0 Å². The molecule has 0 saturated carbocycles. The number of nitrogens with one attached hydrogen (secondary N) is 1. The van der Waals surface area contributed by atoms with Crippen molar-refractivity contribution < 1.29 is 12.8 Å². The van der Waals surface area contributed by atoms with E-state index in [0.717, 1.165) is 11.6 Å². The maximum absolute atomic E-state index is 13.2. The van der Waals surface area contributed by atoms with E-state index >= 15 is 0 Å². The molecule has 1 unspecified atom stereocenters. The van der Waals surface area contributed by atoms with Crippen molar-refractivity contribution in [3.8, 4) is 0 Å². The zero-order valence-electron chi connectivity index (χ0n) is 11.2. The van der Waals surface area contributed by atoms with E-state index in [0.29, 0.717) is 5.56 Å². The Morgan fingerprint density at radius 2 is 1.85 bits per heavy atom. The number of rotatable bonds is 4. The molecule has 0 aliphatic rings. The highest BCUT2D eigenvalue weighted by atomic mass is 32.2. The van der Waals surface area contributed by atoms with Crippen LogP contribution in [0.15, 0.2) is 47.6 Å². The predicted octanol–water partition coefficient (Wildman–Crippen LogP) is 2.57. The van der Waals surface area contributed by atoms with Gasteiger partial charge in [0.2, 0.25) is 10.0 Å². The first-order chi connectivity index (χ1) is 9.40. The van der Waals surface area contributed by atoms with Crippen LogP contribution in [-0.4, -0.2) is 13.4 Å². The lowest BCUT2D eigenvalue weighted by Gasteiger charge is -2.15. The molecule has 6 heteroatoms. The molecule has 1 aromatic heterocycles. The smallest absolute Gasteiger partial charge is 0.241 e. The lowest BCUT2D eigenvalue weighted by molar-refractivity contribution is 0.563. The number of hydrogen-bond acceptors (Lipinski definition) is 3. The third-order valence-corrected chi connectivity index (χ3v) is 4.66. The van der Waals surface area contributed by atoms with Crippen molar-refractivity contribution >= 4 is 10.0 Å². The van der Waals surface area contributed by atoms with Gasteiger partial charge in [-0.1, -0.05) is 6.07 Å². The number of aryl methyl sites for hydroxylation is 1. The van der Waals surface area contributed by atoms with E-state index < -0.39 is 21.9 Å². The van der Waals surface area contributed by atoms with Crippen molar-refractivity contribution in [1.29, 1.82) is 0 Å². The van der Waals surface area contributed by atoms with Crippen molar-refractivity contribution in [1.82, 2.24) is 9.71 Å². The SMILES string of the molecule is Cc1ccc(F)cc1S(=O)(=O)NC(C)c1ccncc1. The van der Waals surface area contributed by atoms with Gasteiger partial charge in [-0.3, -0.25) is 4.98 Å². The third kappa shape index (κ3) is 3.20. The van der Waals surface area contributed by atoms with Gasteiger partial charge in [-0.15, -0.1) is 0 Å². The lowest BCUT2D eigenvalue weighted by atomic mass is 10.1. The summed E-state index contributed by atoms with van der Waals surface area (Å²) in [6.45, 7) is 3.35. The van der Waals surface area contributed by atoms with Gasteiger partial charge in [0.1, 0.15) is 5.82 Å². The molecule has 1 heterocycles. The molecule has 2 aromatic rings. The molecule has 1 aromatic carbocycles. The second-order valence-corrected chi connectivity index (χ2v) is 6.22. The molecular weight excluding hydrogens is 279 g/mol. The Bertz CT molecular complexity index is 702. The van der Waals surface area contributed by atoms with Gasteiger partial charge >= 0.3 is 0 Å². The van der Waals surface area contributed by atoms with Crippen LogP contribution in [0.25, 0.3) is 0 Å². The van der Waals surface area contributed by atoms with E-state index in [9.17, 15) is 12.8 Å². The largest absolute Gasteiger partial charge is 0.265 e. The van der Waals surface area contributed by atoms with Crippen molar-refractivity contribution in [3.63, 3.8) is 0 Å². The summed E-state index contributed by atoms with van der Waals surface area (Å²) in [6, 6.07) is 6.74. The van der Waals surface area contributed by atoms with Crippen molar-refractivity contribution in [3.05, 3.63) is 59.7 Å². The predicted molar refractivity (Wildman–Crippen MR) is 74.1 cm³/mol. The van der Waals surface area contributed by atoms with Crippen LogP contribution in [-0.2, 0) is 10.0 Å². The number of nitrogens with zero attached hydrogens (tertiary/aromatic N) is 1. The van der Waals surface area contributed by atoms with Crippen molar-refractivity contribution in [2.45, 2.75) is 24.8 Å². The van der Waals surface area contributed by atoms with Crippen LogP contribution in [0.4, 0.5) is 4.39 Å². The summed E-state index contributed by atoms with van der Waals surface area (Å²) in [5.74, 6) is -0.576. The number of benzene rings is 1. The van der Waals surface area contributed by atoms with Gasteiger partial charge in [0.05, 0.1) is 4.90 Å². The van der Waals surface area contributed by atoms with E-state index in [1.807, 2.05) is 0 Å². The van der Waals surface area contributed by atoms with Crippen molar-refractivity contribution in [2.24, 2.45) is 0 Å². The van der Waals surface area contributed by atoms with Gasteiger partial charge in [0.25, 0.3) is 0 Å². The maximum atomic E-state index is 13.2. The molecular formula is C14H15FN2O2S. The molecule has 2 rings (SSSR count). The van der Waals surface area contributed by atoms with Gasteiger partial charge in [-0.2, -0.15) is 0 Å². The van der Waals surface area contributed by atoms with E-state index in [1.54, 1.807) is 38.4 Å². The Balaban J connectivity index is 2.30. The highest BCUT2D eigenvalue weighted by Crippen LogP contribution is 2.20. The average Bonchev–Trinajstić information content (AvgIpc) is 2.42. The molecule has 0 aliphatic carbocycles. The molecule has 20 heavy (non-hydrogen) atoms. The normalized spacial score (nSPS) is 13.2. The zero-order valence-corrected chi connectivity index (χ0v) is 12.0. The average molecular weight is 294 g/mol. The number of hydrogen-bond donors (Lipinski definition) is 1. The second kappa shape index (κ2) is 5.68. The molecule has 0 spiro atoms. The van der Waals surface area contributed by atoms with Crippen LogP contribution in [0, 0.1) is 12.7 Å². The van der Waals surface area contributed by atoms with Crippen LogP contribution < -0.4 is 4.72 Å². The number of sulfonamides is 1. The molecule has 0 fully saturated rings. The fraction of sp³-hybridized carbons (Fsp3) is 0.214. The first-order valence-electron chi connectivity index (χ1n) is 6.08. The van der Waals surface area contributed by atoms with Gasteiger partial charge in [0, 0.05) is 18.4 Å². The minimum absolute atomic E-state index is 0.0431. The van der Waals surface area contributed by atoms with Crippen LogP contribution >= 0.6 is 0 Å². The molecule has 1 N–H and O–H groups in total. The van der Waals surface area contributed by atoms with Gasteiger partial charge in [-0.25, -0.2) is 17.5 Å². The monoisotopic (exact) mass is 294 g/mol. The molecule has 4 nitrogen and oxygen atoms in total. The summed E-state index contributed by atoms with van der Waals surface area (Å²) in [5.41, 5.74) is 1.29. The summed E-state index contributed by atoms with van der Waals surface area (Å²) >= 11 is 0. The van der Waals surface area contributed by atoms with E-state index in [-0.39, 0.29) is 4.90 Å². The lowest BCUT2D eigenvalue weighted by Crippen LogP contribution is -2.27. The fourth-order valence-corrected chi connectivity index (χ4v) is 3.37. The maximum Gasteiger partial charge on any atom is 0.241 e. The summed E-state index contributed by atoms with van der Waals surface area (Å²) in [5, 5.41) is 0. The Morgan fingerprint density at radius 3 is 2.50 bits per heavy atom. The number of pyridine rings is 1. The van der Waals surface area contributed by atoms with Crippen LogP contribution in [0.2, 0.25) is 0 Å². The van der Waals surface area contributed by atoms with Crippen LogP contribution in [0.1, 0.15) is 24.1 Å². The molecule has 1 atom stereocenters. The van der Waals surface area contributed by atoms with Crippen LogP contribution in [0.3, 0.4) is 0 Å². The molecule has 0 saturated heterocycles. The second-order valence-electron chi connectivity index (χ2n) is 4.53. The molecule has 106 valence electrons. The highest BCUT2D eigenvalue weighted by Gasteiger charge is 2.20. The standard InChI is InChI=1S/C14H15FN2O2S/c1-10-3-4-13(15)9-14(10)20(18,19)17-11(2)12-5-7-16-8-6-12/h3-9,11,17H,1-2H3.